The number of amides is 2. The van der Waals surface area contributed by atoms with Crippen molar-refractivity contribution in [3.63, 3.8) is 0 Å². The number of hydrogen-bond acceptors (Lipinski definition) is 7. The highest BCUT2D eigenvalue weighted by Crippen LogP contribution is 2.25. The molecule has 158 valence electrons. The minimum absolute atomic E-state index is 0.0911. The van der Waals surface area contributed by atoms with E-state index in [-0.39, 0.29) is 29.8 Å². The third-order valence-corrected chi connectivity index (χ3v) is 4.26. The number of nitrogens with zero attached hydrogens (tertiary/aromatic N) is 1. The fourth-order valence-electron chi connectivity index (χ4n) is 2.04. The van der Waals surface area contributed by atoms with Crippen molar-refractivity contribution in [2.24, 2.45) is 0 Å². The van der Waals surface area contributed by atoms with Crippen LogP contribution < -0.4 is 25.6 Å². The van der Waals surface area contributed by atoms with Crippen LogP contribution in [0.15, 0.2) is 46.9 Å². The summed E-state index contributed by atoms with van der Waals surface area (Å²) in [7, 11) is 0. The van der Waals surface area contributed by atoms with Crippen LogP contribution in [0, 0.1) is 17.0 Å². The van der Waals surface area contributed by atoms with Crippen LogP contribution in [0.1, 0.15) is 5.56 Å². The average molecular weight is 497 g/mol. The van der Waals surface area contributed by atoms with Gasteiger partial charge in [-0.15, -0.1) is 0 Å². The molecule has 3 N–H and O–H groups in total. The molecular weight excluding hydrogens is 480 g/mol. The lowest BCUT2D eigenvalue weighted by Gasteiger charge is -2.12. The number of halogens is 1. The van der Waals surface area contributed by atoms with Gasteiger partial charge >= 0.3 is 0 Å². The molecule has 2 aromatic rings. The normalized spacial score (nSPS) is 9.93. The van der Waals surface area contributed by atoms with E-state index in [1.165, 1.54) is 24.3 Å². The van der Waals surface area contributed by atoms with Gasteiger partial charge < -0.3 is 9.47 Å². The maximum atomic E-state index is 11.8. The average Bonchev–Trinajstić information content (AvgIpc) is 2.70. The number of rotatable bonds is 7. The predicted molar refractivity (Wildman–Crippen MR) is 115 cm³/mol. The van der Waals surface area contributed by atoms with Gasteiger partial charge in [-0.3, -0.25) is 35.9 Å². The van der Waals surface area contributed by atoms with Gasteiger partial charge in [0.05, 0.1) is 9.40 Å². The number of carbonyl (C=O) groups excluding carboxylic acids is 2. The number of aryl methyl sites for hydroxylation is 1. The quantitative estimate of drug-likeness (QED) is 0.301. The Balaban J connectivity index is 1.67. The van der Waals surface area contributed by atoms with Gasteiger partial charge in [0, 0.05) is 12.1 Å². The Morgan fingerprint density at radius 2 is 1.73 bits per heavy atom. The van der Waals surface area contributed by atoms with Crippen molar-refractivity contribution in [1.29, 1.82) is 0 Å². The van der Waals surface area contributed by atoms with Gasteiger partial charge in [-0.25, -0.2) is 0 Å². The lowest BCUT2D eigenvalue weighted by molar-refractivity contribution is -0.384. The Morgan fingerprint density at radius 3 is 2.37 bits per heavy atom. The van der Waals surface area contributed by atoms with Crippen LogP contribution >= 0.6 is 28.1 Å². The molecule has 0 bridgehead atoms. The zero-order chi connectivity index (χ0) is 22.1. The van der Waals surface area contributed by atoms with Gasteiger partial charge in [0.25, 0.3) is 17.5 Å². The predicted octanol–water partition coefficient (Wildman–Crippen LogP) is 2.15. The molecule has 0 spiro atoms. The van der Waals surface area contributed by atoms with Gasteiger partial charge in [-0.1, -0.05) is 6.07 Å². The molecule has 10 nitrogen and oxygen atoms in total. The molecule has 0 aliphatic rings. The first kappa shape index (κ1) is 23.0. The lowest BCUT2D eigenvalue weighted by Crippen LogP contribution is -2.50. The first-order valence-electron chi connectivity index (χ1n) is 8.39. The van der Waals surface area contributed by atoms with E-state index in [1.54, 1.807) is 6.07 Å². The molecule has 12 heteroatoms. The zero-order valence-electron chi connectivity index (χ0n) is 15.6. The fraction of sp³-hybridized carbons (Fsp3) is 0.167. The highest BCUT2D eigenvalue weighted by molar-refractivity contribution is 9.10. The van der Waals surface area contributed by atoms with Crippen LogP contribution in [-0.2, 0) is 9.59 Å². The molecular formula is C18H17BrN4O6S. The molecule has 0 aromatic heterocycles. The second-order valence-corrected chi connectivity index (χ2v) is 7.08. The van der Waals surface area contributed by atoms with E-state index in [0.717, 1.165) is 10.0 Å². The summed E-state index contributed by atoms with van der Waals surface area (Å²) in [6, 6.07) is 10.7. The summed E-state index contributed by atoms with van der Waals surface area (Å²) in [5, 5.41) is 12.8. The summed E-state index contributed by atoms with van der Waals surface area (Å²) in [5.74, 6) is -0.307. The highest BCUT2D eigenvalue weighted by Gasteiger charge is 2.10. The first-order chi connectivity index (χ1) is 14.2. The molecule has 0 fully saturated rings. The van der Waals surface area contributed by atoms with Gasteiger partial charge in [0.15, 0.2) is 18.3 Å². The molecule has 0 saturated carbocycles. The molecule has 2 rings (SSSR count). The van der Waals surface area contributed by atoms with E-state index >= 15 is 0 Å². The number of carbonyl (C=O) groups is 2. The fourth-order valence-corrected chi connectivity index (χ4v) is 2.81. The topological polar surface area (TPSA) is 132 Å². The van der Waals surface area contributed by atoms with E-state index in [1.807, 2.05) is 19.1 Å². The second kappa shape index (κ2) is 11.1. The van der Waals surface area contributed by atoms with Crippen molar-refractivity contribution in [3.05, 3.63) is 62.6 Å². The maximum absolute atomic E-state index is 11.8. The van der Waals surface area contributed by atoms with Crippen molar-refractivity contribution in [2.45, 2.75) is 6.92 Å². The number of hydrogen-bond donors (Lipinski definition) is 3. The number of non-ortho nitro benzene ring substituents is 1. The molecule has 0 unspecified atom stereocenters. The van der Waals surface area contributed by atoms with Crippen LogP contribution in [0.3, 0.4) is 0 Å². The molecule has 2 aromatic carbocycles. The molecule has 0 heterocycles. The third kappa shape index (κ3) is 7.64. The summed E-state index contributed by atoms with van der Waals surface area (Å²) in [4.78, 5) is 33.7. The molecule has 0 aliphatic heterocycles. The van der Waals surface area contributed by atoms with Crippen molar-refractivity contribution >= 4 is 50.8 Å². The Hall–Kier alpha value is -3.25. The van der Waals surface area contributed by atoms with Crippen LogP contribution in [0.25, 0.3) is 0 Å². The smallest absolute Gasteiger partial charge is 0.276 e. The van der Waals surface area contributed by atoms with Crippen LogP contribution in [0.4, 0.5) is 5.69 Å². The Bertz CT molecular complexity index is 954. The molecule has 30 heavy (non-hydrogen) atoms. The summed E-state index contributed by atoms with van der Waals surface area (Å²) >= 11 is 8.25. The van der Waals surface area contributed by atoms with Crippen LogP contribution in [-0.4, -0.2) is 35.1 Å². The number of ether oxygens (including phenoxy) is 2. The monoisotopic (exact) mass is 496 g/mol. The Labute approximate surface area is 185 Å². The van der Waals surface area contributed by atoms with Crippen molar-refractivity contribution < 1.29 is 24.0 Å². The standard InChI is InChI=1S/C18H17BrN4O6S/c1-11-2-7-15(14(19)8-11)29-10-17(25)21-22-18(30)20-16(24)9-28-13-5-3-12(4-6-13)23(26)27/h2-8H,9-10H2,1H3,(H,21,25)(H2,20,22,24,30). The van der Waals surface area contributed by atoms with E-state index in [4.69, 9.17) is 21.7 Å². The minimum Gasteiger partial charge on any atom is -0.484 e. The Morgan fingerprint density at radius 1 is 1.07 bits per heavy atom. The third-order valence-electron chi connectivity index (χ3n) is 3.43. The van der Waals surface area contributed by atoms with Gasteiger partial charge in [0.2, 0.25) is 0 Å². The van der Waals surface area contributed by atoms with Crippen LogP contribution in [0.2, 0.25) is 0 Å². The SMILES string of the molecule is Cc1ccc(OCC(=O)NNC(=S)NC(=O)COc2ccc([N+](=O)[O-])cc2)c(Br)c1. The summed E-state index contributed by atoms with van der Waals surface area (Å²) in [5.41, 5.74) is 5.61. The van der Waals surface area contributed by atoms with Gasteiger partial charge in [-0.05, 0) is 64.9 Å². The van der Waals surface area contributed by atoms with Crippen LogP contribution in [0.5, 0.6) is 11.5 Å². The minimum atomic E-state index is -0.583. The number of hydrazine groups is 1. The summed E-state index contributed by atoms with van der Waals surface area (Å²) in [6.45, 7) is 1.28. The molecule has 2 amide bonds. The lowest BCUT2D eigenvalue weighted by atomic mass is 10.2. The number of benzene rings is 2. The van der Waals surface area contributed by atoms with E-state index in [9.17, 15) is 19.7 Å². The summed E-state index contributed by atoms with van der Waals surface area (Å²) < 4.78 is 11.3. The molecule has 0 atom stereocenters. The van der Waals surface area contributed by atoms with Crippen molar-refractivity contribution in [1.82, 2.24) is 16.2 Å². The second-order valence-electron chi connectivity index (χ2n) is 5.81. The van der Waals surface area contributed by atoms with Gasteiger partial charge in [0.1, 0.15) is 11.5 Å². The highest BCUT2D eigenvalue weighted by atomic mass is 79.9. The number of nitro groups is 1. The summed E-state index contributed by atoms with van der Waals surface area (Å²) in [6.07, 6.45) is 0. The zero-order valence-corrected chi connectivity index (χ0v) is 18.0. The van der Waals surface area contributed by atoms with E-state index in [2.05, 4.69) is 32.1 Å². The molecule has 0 aliphatic carbocycles. The molecule has 0 saturated heterocycles. The Kier molecular flexibility index (Phi) is 8.50. The van der Waals surface area contributed by atoms with Crippen molar-refractivity contribution in [3.8, 4) is 11.5 Å². The van der Waals surface area contributed by atoms with E-state index in [0.29, 0.717) is 5.75 Å². The largest absolute Gasteiger partial charge is 0.484 e. The first-order valence-corrected chi connectivity index (χ1v) is 9.59. The molecule has 0 radical (unpaired) electrons. The maximum Gasteiger partial charge on any atom is 0.276 e. The van der Waals surface area contributed by atoms with E-state index < -0.39 is 16.7 Å². The van der Waals surface area contributed by atoms with Gasteiger partial charge in [-0.2, -0.15) is 0 Å². The number of nitro benzene ring substituents is 1. The number of thiocarbonyl (C=S) groups is 1. The van der Waals surface area contributed by atoms with Crippen molar-refractivity contribution in [2.75, 3.05) is 13.2 Å². The number of nitrogens with one attached hydrogen (secondary N) is 3.